The number of morpholine rings is 1. The van der Waals surface area contributed by atoms with Gasteiger partial charge in [0.1, 0.15) is 11.5 Å². The van der Waals surface area contributed by atoms with Crippen LogP contribution in [0.2, 0.25) is 5.02 Å². The van der Waals surface area contributed by atoms with Crippen LogP contribution in [-0.2, 0) is 26.1 Å². The number of nitrogens with zero attached hydrogens (tertiary/aromatic N) is 1. The van der Waals surface area contributed by atoms with Crippen molar-refractivity contribution in [2.45, 2.75) is 16.4 Å². The highest BCUT2D eigenvalue weighted by Crippen LogP contribution is 2.27. The Balaban J connectivity index is 1.75. The molecule has 9 heteroatoms. The number of halogens is 1. The summed E-state index contributed by atoms with van der Waals surface area (Å²) in [7, 11) is -3.81. The van der Waals surface area contributed by atoms with Crippen LogP contribution in [0.3, 0.4) is 0 Å². The van der Waals surface area contributed by atoms with E-state index in [4.69, 9.17) is 21.1 Å². The van der Waals surface area contributed by atoms with Crippen molar-refractivity contribution in [3.05, 3.63) is 58.6 Å². The minimum absolute atomic E-state index is 0.0655. The topological polar surface area (TPSA) is 72.9 Å². The molecule has 2 aromatic rings. The smallest absolute Gasteiger partial charge is 0.338 e. The van der Waals surface area contributed by atoms with E-state index in [1.54, 1.807) is 11.8 Å². The van der Waals surface area contributed by atoms with E-state index in [-0.39, 0.29) is 35.2 Å². The monoisotopic (exact) mass is 441 g/mol. The van der Waals surface area contributed by atoms with Gasteiger partial charge in [-0.25, -0.2) is 13.2 Å². The van der Waals surface area contributed by atoms with Gasteiger partial charge in [-0.2, -0.15) is 4.31 Å². The average molecular weight is 442 g/mol. The predicted molar refractivity (Wildman–Crippen MR) is 108 cm³/mol. The second kappa shape index (κ2) is 9.28. The molecule has 1 heterocycles. The molecule has 28 heavy (non-hydrogen) atoms. The molecule has 1 saturated heterocycles. The number of rotatable bonds is 6. The Morgan fingerprint density at radius 3 is 2.50 bits per heavy atom. The summed E-state index contributed by atoms with van der Waals surface area (Å²) in [5, 5.41) is 0.0655. The van der Waals surface area contributed by atoms with Crippen molar-refractivity contribution in [1.29, 1.82) is 0 Å². The lowest BCUT2D eigenvalue weighted by molar-refractivity contribution is 0.0472. The standard InChI is InChI=1S/C19H20ClNO5S2/c1-27-16-5-2-14(3-6-16)13-26-19(22)15-4-7-17(20)18(12-15)28(23,24)21-8-10-25-11-9-21/h2-7,12H,8-11,13H2,1H3. The number of sulfonamides is 1. The average Bonchev–Trinajstić information content (AvgIpc) is 2.73. The van der Waals surface area contributed by atoms with Crippen LogP contribution in [-0.4, -0.2) is 51.3 Å². The Morgan fingerprint density at radius 1 is 1.18 bits per heavy atom. The lowest BCUT2D eigenvalue weighted by Gasteiger charge is -2.26. The highest BCUT2D eigenvalue weighted by atomic mass is 35.5. The van der Waals surface area contributed by atoms with E-state index in [2.05, 4.69) is 0 Å². The summed E-state index contributed by atoms with van der Waals surface area (Å²) in [4.78, 5) is 13.4. The number of ether oxygens (including phenoxy) is 2. The quantitative estimate of drug-likeness (QED) is 0.505. The molecule has 2 aromatic carbocycles. The SMILES string of the molecule is CSc1ccc(COC(=O)c2ccc(Cl)c(S(=O)(=O)N3CCOCC3)c2)cc1. The predicted octanol–water partition coefficient (Wildman–Crippen LogP) is 3.44. The second-order valence-electron chi connectivity index (χ2n) is 6.09. The third kappa shape index (κ3) is 4.87. The van der Waals surface area contributed by atoms with E-state index < -0.39 is 16.0 Å². The molecule has 0 radical (unpaired) electrons. The first-order valence-electron chi connectivity index (χ1n) is 8.59. The van der Waals surface area contributed by atoms with Crippen molar-refractivity contribution in [3.63, 3.8) is 0 Å². The molecule has 0 aliphatic carbocycles. The lowest BCUT2D eigenvalue weighted by atomic mass is 10.2. The van der Waals surface area contributed by atoms with Gasteiger partial charge < -0.3 is 9.47 Å². The third-order valence-electron chi connectivity index (χ3n) is 4.28. The maximum Gasteiger partial charge on any atom is 0.338 e. The molecule has 1 fully saturated rings. The Hall–Kier alpha value is -1.58. The van der Waals surface area contributed by atoms with Gasteiger partial charge in [0.25, 0.3) is 0 Å². The minimum atomic E-state index is -3.81. The van der Waals surface area contributed by atoms with Crippen LogP contribution in [0.25, 0.3) is 0 Å². The molecule has 0 saturated carbocycles. The number of benzene rings is 2. The second-order valence-corrected chi connectivity index (χ2v) is 9.28. The van der Waals surface area contributed by atoms with E-state index in [9.17, 15) is 13.2 Å². The number of thioether (sulfide) groups is 1. The zero-order valence-electron chi connectivity index (χ0n) is 15.3. The fraction of sp³-hybridized carbons (Fsp3) is 0.316. The summed E-state index contributed by atoms with van der Waals surface area (Å²) >= 11 is 7.74. The van der Waals surface area contributed by atoms with Crippen LogP contribution >= 0.6 is 23.4 Å². The van der Waals surface area contributed by atoms with Gasteiger partial charge in [-0.05, 0) is 42.2 Å². The number of hydrogen-bond donors (Lipinski definition) is 0. The molecule has 1 aliphatic rings. The number of carbonyl (C=O) groups excluding carboxylic acids is 1. The molecule has 1 aliphatic heterocycles. The Kier molecular flexibility index (Phi) is 7.00. The molecule has 0 unspecified atom stereocenters. The van der Waals surface area contributed by atoms with Crippen molar-refractivity contribution >= 4 is 39.4 Å². The van der Waals surface area contributed by atoms with Crippen LogP contribution in [0.4, 0.5) is 0 Å². The van der Waals surface area contributed by atoms with Gasteiger partial charge in [-0.3, -0.25) is 0 Å². The summed E-state index contributed by atoms with van der Waals surface area (Å²) in [6, 6.07) is 11.8. The summed E-state index contributed by atoms with van der Waals surface area (Å²) in [5.74, 6) is -0.607. The number of esters is 1. The summed E-state index contributed by atoms with van der Waals surface area (Å²) in [5.41, 5.74) is 0.984. The lowest BCUT2D eigenvalue weighted by Crippen LogP contribution is -2.40. The van der Waals surface area contributed by atoms with Gasteiger partial charge in [0.15, 0.2) is 0 Å². The normalized spacial score (nSPS) is 15.4. The van der Waals surface area contributed by atoms with Crippen molar-refractivity contribution in [2.24, 2.45) is 0 Å². The van der Waals surface area contributed by atoms with E-state index in [0.717, 1.165) is 10.5 Å². The fourth-order valence-corrected chi connectivity index (χ4v) is 5.02. The van der Waals surface area contributed by atoms with Crippen molar-refractivity contribution in [3.8, 4) is 0 Å². The highest BCUT2D eigenvalue weighted by molar-refractivity contribution is 7.98. The Morgan fingerprint density at radius 2 is 1.86 bits per heavy atom. The molecule has 6 nitrogen and oxygen atoms in total. The molecule has 0 aromatic heterocycles. The molecule has 0 spiro atoms. The number of carbonyl (C=O) groups is 1. The van der Waals surface area contributed by atoms with E-state index >= 15 is 0 Å². The molecule has 0 N–H and O–H groups in total. The van der Waals surface area contributed by atoms with E-state index in [0.29, 0.717) is 13.2 Å². The number of hydrogen-bond acceptors (Lipinski definition) is 6. The van der Waals surface area contributed by atoms with Crippen LogP contribution in [0, 0.1) is 0 Å². The van der Waals surface area contributed by atoms with Gasteiger partial charge >= 0.3 is 5.97 Å². The van der Waals surface area contributed by atoms with Gasteiger partial charge in [0.2, 0.25) is 10.0 Å². The largest absolute Gasteiger partial charge is 0.457 e. The molecular weight excluding hydrogens is 422 g/mol. The van der Waals surface area contributed by atoms with Gasteiger partial charge in [0, 0.05) is 18.0 Å². The molecule has 150 valence electrons. The van der Waals surface area contributed by atoms with Crippen molar-refractivity contribution in [1.82, 2.24) is 4.31 Å². The Bertz CT molecular complexity index is 941. The zero-order valence-corrected chi connectivity index (χ0v) is 17.6. The molecular formula is C19H20ClNO5S2. The van der Waals surface area contributed by atoms with E-state index in [1.807, 2.05) is 30.5 Å². The van der Waals surface area contributed by atoms with Gasteiger partial charge in [-0.1, -0.05) is 23.7 Å². The molecule has 0 amide bonds. The van der Waals surface area contributed by atoms with Crippen LogP contribution in [0.5, 0.6) is 0 Å². The highest BCUT2D eigenvalue weighted by Gasteiger charge is 2.29. The first-order valence-corrected chi connectivity index (χ1v) is 11.6. The van der Waals surface area contributed by atoms with Crippen LogP contribution in [0.15, 0.2) is 52.3 Å². The van der Waals surface area contributed by atoms with E-state index in [1.165, 1.54) is 22.5 Å². The molecule has 3 rings (SSSR count). The molecule has 0 atom stereocenters. The summed E-state index contributed by atoms with van der Waals surface area (Å²) in [6.45, 7) is 1.25. The van der Waals surface area contributed by atoms with Crippen molar-refractivity contribution in [2.75, 3.05) is 32.6 Å². The molecule has 0 bridgehead atoms. The third-order valence-corrected chi connectivity index (χ3v) is 7.41. The summed E-state index contributed by atoms with van der Waals surface area (Å²) in [6.07, 6.45) is 1.98. The maximum atomic E-state index is 12.9. The van der Waals surface area contributed by atoms with Gasteiger partial charge in [-0.15, -0.1) is 11.8 Å². The van der Waals surface area contributed by atoms with Crippen molar-refractivity contribution < 1.29 is 22.7 Å². The minimum Gasteiger partial charge on any atom is -0.457 e. The van der Waals surface area contributed by atoms with Crippen LogP contribution < -0.4 is 0 Å². The zero-order chi connectivity index (χ0) is 20.1. The van der Waals surface area contributed by atoms with Gasteiger partial charge in [0.05, 0.1) is 23.8 Å². The first-order chi connectivity index (χ1) is 13.4. The maximum absolute atomic E-state index is 12.9. The van der Waals surface area contributed by atoms with Crippen LogP contribution in [0.1, 0.15) is 15.9 Å². The fourth-order valence-electron chi connectivity index (χ4n) is 2.71. The first kappa shape index (κ1) is 21.1. The summed E-state index contributed by atoms with van der Waals surface area (Å²) < 4.78 is 37.5. The Labute approximate surface area is 173 Å².